The minimum atomic E-state index is -3.92. The number of rotatable bonds is 5. The van der Waals surface area contributed by atoms with Gasteiger partial charge in [0.2, 0.25) is 10.0 Å². The summed E-state index contributed by atoms with van der Waals surface area (Å²) in [5.74, 6) is 0. The number of nitro groups is 1. The quantitative estimate of drug-likeness (QED) is 0.322. The number of benzene rings is 1. The molecular formula is C18H26N4O6S2. The molecular weight excluding hydrogens is 432 g/mol. The van der Waals surface area contributed by atoms with Crippen LogP contribution in [0.3, 0.4) is 0 Å². The van der Waals surface area contributed by atoms with E-state index in [2.05, 4.69) is 22.8 Å². The van der Waals surface area contributed by atoms with Gasteiger partial charge >= 0.3 is 0 Å². The maximum atomic E-state index is 13.2. The monoisotopic (exact) mass is 458 g/mol. The third kappa shape index (κ3) is 4.35. The number of ether oxygens (including phenoxy) is 1. The number of nitro benzene ring substituents is 1. The molecule has 3 saturated heterocycles. The van der Waals surface area contributed by atoms with Crippen LogP contribution in [0.25, 0.3) is 0 Å². The fourth-order valence-corrected chi connectivity index (χ4v) is 6.68. The summed E-state index contributed by atoms with van der Waals surface area (Å²) < 4.78 is 33.5. The maximum absolute atomic E-state index is 13.2. The summed E-state index contributed by atoms with van der Waals surface area (Å²) in [4.78, 5) is 12.8. The summed E-state index contributed by atoms with van der Waals surface area (Å²) in [6.07, 6.45) is 0.989. The Labute approximate surface area is 180 Å². The Balaban J connectivity index is 1.50. The van der Waals surface area contributed by atoms with Crippen molar-refractivity contribution in [3.05, 3.63) is 28.3 Å². The first kappa shape index (κ1) is 21.9. The molecule has 12 heteroatoms. The first-order valence-electron chi connectivity index (χ1n) is 9.98. The second-order valence-electron chi connectivity index (χ2n) is 8.09. The van der Waals surface area contributed by atoms with E-state index in [-0.39, 0.29) is 52.8 Å². The van der Waals surface area contributed by atoms with Crippen molar-refractivity contribution >= 4 is 28.3 Å². The standard InChI is InChI=1S/C18H26N4O6S2/c23-16-5-14-10-28-11-15(6-16)21(14)9-12-8-20(4-3-19-12)30(26,27)18-7-13(22(24)25)1-2-17(18)29/h1-2,7,12,14-16,19,23,29H,3-6,8-11H2/t12-,14?,15?,16?/m1/s1. The lowest BCUT2D eigenvalue weighted by Crippen LogP contribution is -2.63. The topological polar surface area (TPSA) is 125 Å². The van der Waals surface area contributed by atoms with Crippen LogP contribution in [0.2, 0.25) is 0 Å². The van der Waals surface area contributed by atoms with E-state index in [9.17, 15) is 23.6 Å². The van der Waals surface area contributed by atoms with E-state index in [4.69, 9.17) is 4.74 Å². The SMILES string of the molecule is O=[N+]([O-])c1ccc(S)c(S(=O)(=O)N2CCN[C@@H](CN3C4COCC3CC(O)C4)C2)c1. The van der Waals surface area contributed by atoms with E-state index in [0.717, 1.165) is 6.07 Å². The molecule has 1 aromatic carbocycles. The Kier molecular flexibility index (Phi) is 6.35. The highest BCUT2D eigenvalue weighted by Gasteiger charge is 2.40. The van der Waals surface area contributed by atoms with Crippen LogP contribution in [0.4, 0.5) is 5.69 Å². The van der Waals surface area contributed by atoms with Crippen molar-refractivity contribution in [3.63, 3.8) is 0 Å². The minimum Gasteiger partial charge on any atom is -0.393 e. The van der Waals surface area contributed by atoms with E-state index in [1.54, 1.807) is 0 Å². The number of piperidine rings is 1. The highest BCUT2D eigenvalue weighted by molar-refractivity contribution is 7.90. The predicted octanol–water partition coefficient (Wildman–Crippen LogP) is 0.0701. The molecule has 0 amide bonds. The van der Waals surface area contributed by atoms with Crippen molar-refractivity contribution in [2.45, 2.75) is 46.9 Å². The number of fused-ring (bicyclic) bond motifs is 2. The molecule has 2 bridgehead atoms. The zero-order chi connectivity index (χ0) is 21.5. The number of morpholine rings is 1. The number of thiol groups is 1. The molecule has 0 radical (unpaired) electrons. The summed E-state index contributed by atoms with van der Waals surface area (Å²) >= 11 is 4.22. The lowest BCUT2D eigenvalue weighted by Gasteiger charge is -2.49. The van der Waals surface area contributed by atoms with Gasteiger partial charge in [-0.15, -0.1) is 12.6 Å². The predicted molar refractivity (Wildman–Crippen MR) is 111 cm³/mol. The summed E-state index contributed by atoms with van der Waals surface area (Å²) in [6, 6.07) is 3.82. The second-order valence-corrected chi connectivity index (χ2v) is 10.5. The third-order valence-electron chi connectivity index (χ3n) is 6.07. The molecule has 2 unspecified atom stereocenters. The summed E-state index contributed by atoms with van der Waals surface area (Å²) in [6.45, 7) is 2.82. The van der Waals surface area contributed by atoms with Gasteiger partial charge in [-0.1, -0.05) is 0 Å². The number of non-ortho nitro benzene ring substituents is 1. The van der Waals surface area contributed by atoms with Crippen molar-refractivity contribution in [3.8, 4) is 0 Å². The number of aliphatic hydroxyl groups is 1. The van der Waals surface area contributed by atoms with Crippen LogP contribution in [0.5, 0.6) is 0 Å². The van der Waals surface area contributed by atoms with Crippen molar-refractivity contribution < 1.29 is 23.2 Å². The zero-order valence-electron chi connectivity index (χ0n) is 16.4. The Bertz CT molecular complexity index is 900. The van der Waals surface area contributed by atoms with Gasteiger partial charge in [-0.25, -0.2) is 8.42 Å². The molecule has 30 heavy (non-hydrogen) atoms. The van der Waals surface area contributed by atoms with Crippen LogP contribution in [0, 0.1) is 10.1 Å². The van der Waals surface area contributed by atoms with E-state index in [0.29, 0.717) is 39.1 Å². The molecule has 3 aliphatic heterocycles. The number of hydrogen-bond donors (Lipinski definition) is 3. The molecule has 0 spiro atoms. The van der Waals surface area contributed by atoms with Gasteiger partial charge in [-0.3, -0.25) is 15.0 Å². The number of piperazine rings is 1. The van der Waals surface area contributed by atoms with Crippen LogP contribution in [0.15, 0.2) is 28.0 Å². The maximum Gasteiger partial charge on any atom is 0.270 e. The van der Waals surface area contributed by atoms with E-state index >= 15 is 0 Å². The van der Waals surface area contributed by atoms with E-state index in [1.165, 1.54) is 16.4 Å². The first-order chi connectivity index (χ1) is 14.3. The van der Waals surface area contributed by atoms with E-state index < -0.39 is 14.9 Å². The summed E-state index contributed by atoms with van der Waals surface area (Å²) in [5, 5.41) is 24.5. The number of sulfonamides is 1. The van der Waals surface area contributed by atoms with Crippen molar-refractivity contribution in [1.82, 2.24) is 14.5 Å². The molecule has 0 saturated carbocycles. The molecule has 3 aliphatic rings. The van der Waals surface area contributed by atoms with Gasteiger partial charge in [-0.05, 0) is 18.9 Å². The molecule has 166 valence electrons. The molecule has 4 rings (SSSR count). The Morgan fingerprint density at radius 1 is 1.30 bits per heavy atom. The molecule has 10 nitrogen and oxygen atoms in total. The molecule has 2 N–H and O–H groups in total. The van der Waals surface area contributed by atoms with Gasteiger partial charge in [0.25, 0.3) is 5.69 Å². The van der Waals surface area contributed by atoms with Gasteiger partial charge < -0.3 is 15.2 Å². The molecule has 3 atom stereocenters. The molecule has 3 heterocycles. The average molecular weight is 459 g/mol. The summed E-state index contributed by atoms with van der Waals surface area (Å²) in [5.41, 5.74) is -0.280. The number of hydrogen-bond acceptors (Lipinski definition) is 9. The van der Waals surface area contributed by atoms with Gasteiger partial charge in [0.1, 0.15) is 4.90 Å². The number of nitrogens with zero attached hydrogens (tertiary/aromatic N) is 3. The van der Waals surface area contributed by atoms with Crippen molar-refractivity contribution in [2.75, 3.05) is 39.4 Å². The normalized spacial score (nSPS) is 30.9. The fraction of sp³-hybridized carbons (Fsp3) is 0.667. The average Bonchev–Trinajstić information content (AvgIpc) is 2.69. The highest BCUT2D eigenvalue weighted by Crippen LogP contribution is 2.30. The third-order valence-corrected chi connectivity index (χ3v) is 8.51. The molecule has 1 aromatic rings. The van der Waals surface area contributed by atoms with Crippen LogP contribution < -0.4 is 5.32 Å². The molecule has 0 aromatic heterocycles. The van der Waals surface area contributed by atoms with Gasteiger partial charge in [0.05, 0.1) is 24.2 Å². The highest BCUT2D eigenvalue weighted by atomic mass is 32.2. The van der Waals surface area contributed by atoms with Crippen LogP contribution >= 0.6 is 12.6 Å². The Morgan fingerprint density at radius 3 is 2.67 bits per heavy atom. The second kappa shape index (κ2) is 8.69. The fourth-order valence-electron chi connectivity index (χ4n) is 4.61. The van der Waals surface area contributed by atoms with E-state index in [1.807, 2.05) is 0 Å². The zero-order valence-corrected chi connectivity index (χ0v) is 18.1. The van der Waals surface area contributed by atoms with Gasteiger partial charge in [0, 0.05) is 61.3 Å². The Morgan fingerprint density at radius 2 is 2.00 bits per heavy atom. The molecule has 0 aliphatic carbocycles. The number of aliphatic hydroxyl groups excluding tert-OH is 1. The van der Waals surface area contributed by atoms with Crippen molar-refractivity contribution in [2.24, 2.45) is 0 Å². The van der Waals surface area contributed by atoms with Crippen LogP contribution in [-0.4, -0.2) is 91.3 Å². The van der Waals surface area contributed by atoms with Crippen LogP contribution in [-0.2, 0) is 14.8 Å². The lowest BCUT2D eigenvalue weighted by atomic mass is 9.91. The first-order valence-corrected chi connectivity index (χ1v) is 11.9. The molecule has 3 fully saturated rings. The van der Waals surface area contributed by atoms with Crippen molar-refractivity contribution in [1.29, 1.82) is 0 Å². The Hall–Kier alpha value is -1.28. The largest absolute Gasteiger partial charge is 0.393 e. The van der Waals surface area contributed by atoms with Gasteiger partial charge in [0.15, 0.2) is 0 Å². The minimum absolute atomic E-state index is 0.0890. The summed E-state index contributed by atoms with van der Waals surface area (Å²) in [7, 11) is -3.92. The van der Waals surface area contributed by atoms with Gasteiger partial charge in [-0.2, -0.15) is 4.31 Å². The smallest absolute Gasteiger partial charge is 0.270 e. The van der Waals surface area contributed by atoms with Crippen LogP contribution in [0.1, 0.15) is 12.8 Å². The number of nitrogens with one attached hydrogen (secondary N) is 1. The lowest BCUT2D eigenvalue weighted by molar-refractivity contribution is -0.385.